The van der Waals surface area contributed by atoms with Gasteiger partial charge < -0.3 is 0 Å². The van der Waals surface area contributed by atoms with Crippen molar-refractivity contribution in [3.05, 3.63) is 48.7 Å². The summed E-state index contributed by atoms with van der Waals surface area (Å²) in [4.78, 5) is 5.78. The molecule has 1 nitrogen and oxygen atoms in total. The Hall–Kier alpha value is -1.28. The minimum absolute atomic E-state index is 0.622. The van der Waals surface area contributed by atoms with E-state index in [1.54, 1.807) is 0 Å². The van der Waals surface area contributed by atoms with E-state index in [4.69, 9.17) is 0 Å². The lowest BCUT2D eigenvalue weighted by molar-refractivity contribution is 1.31. The van der Waals surface area contributed by atoms with Gasteiger partial charge in [0.05, 0.1) is 5.69 Å². The molecule has 2 aromatic rings. The molecule has 0 unspecified atom stereocenters. The summed E-state index contributed by atoms with van der Waals surface area (Å²) in [7, 11) is -0.622. The molecule has 1 aromatic carbocycles. The van der Waals surface area contributed by atoms with Gasteiger partial charge in [0.1, 0.15) is 0 Å². The third kappa shape index (κ3) is 2.45. The van der Waals surface area contributed by atoms with E-state index in [-0.39, 0.29) is 0 Å². The lowest BCUT2D eigenvalue weighted by atomic mass is 10.1. The smallest absolute Gasteiger partial charge is 0.0701 e. The van der Waals surface area contributed by atoms with Gasteiger partial charge in [-0.05, 0) is 47.9 Å². The van der Waals surface area contributed by atoms with E-state index in [1.165, 1.54) is 10.5 Å². The number of hydrogen-bond donors (Lipinski definition) is 0. The van der Waals surface area contributed by atoms with E-state index >= 15 is 0 Å². The quantitative estimate of drug-likeness (QED) is 0.766. The molecule has 16 heavy (non-hydrogen) atoms. The number of rotatable bonds is 2. The Bertz CT molecular complexity index is 454. The van der Waals surface area contributed by atoms with Crippen molar-refractivity contribution < 1.29 is 0 Å². The third-order valence-corrected chi connectivity index (χ3v) is 4.21. The molecule has 2 rings (SSSR count). The molecule has 2 heteroatoms. The molecule has 1 aromatic heterocycles. The first-order chi connectivity index (χ1) is 7.57. The van der Waals surface area contributed by atoms with Crippen LogP contribution in [0.15, 0.2) is 53.6 Å². The predicted molar refractivity (Wildman–Crippen MR) is 73.3 cm³/mol. The van der Waals surface area contributed by atoms with Crippen molar-refractivity contribution in [1.29, 1.82) is 0 Å². The minimum atomic E-state index is -0.622. The van der Waals surface area contributed by atoms with Gasteiger partial charge in [-0.15, -0.1) is 0 Å². The summed E-state index contributed by atoms with van der Waals surface area (Å²) in [5.41, 5.74) is 2.23. The molecule has 1 heterocycles. The second kappa shape index (κ2) is 4.30. The standard InChI is InChI=1S/C14H17NS/c1-16(2,3)13-9-7-12(8-10-13)14-6-4-5-11-15-14/h4-11H,1-3H3. The van der Waals surface area contributed by atoms with Crippen molar-refractivity contribution in [2.24, 2.45) is 0 Å². The van der Waals surface area contributed by atoms with Crippen LogP contribution in [0, 0.1) is 0 Å². The second-order valence-electron chi connectivity index (χ2n) is 4.58. The van der Waals surface area contributed by atoms with E-state index in [2.05, 4.69) is 48.0 Å². The molecule has 0 amide bonds. The summed E-state index contributed by atoms with van der Waals surface area (Å²) in [6.45, 7) is 0. The van der Waals surface area contributed by atoms with Crippen LogP contribution < -0.4 is 0 Å². The van der Waals surface area contributed by atoms with Gasteiger partial charge in [-0.2, -0.15) is 0 Å². The van der Waals surface area contributed by atoms with Crippen LogP contribution in [-0.2, 0) is 0 Å². The molecule has 0 radical (unpaired) electrons. The maximum absolute atomic E-state index is 4.35. The minimum Gasteiger partial charge on any atom is -0.256 e. The molecular formula is C14H17NS. The molecule has 0 aliphatic rings. The van der Waals surface area contributed by atoms with Crippen LogP contribution in [0.1, 0.15) is 0 Å². The Morgan fingerprint density at radius 3 is 2.06 bits per heavy atom. The summed E-state index contributed by atoms with van der Waals surface area (Å²) in [5.74, 6) is 0. The van der Waals surface area contributed by atoms with Gasteiger partial charge in [-0.3, -0.25) is 4.98 Å². The fourth-order valence-corrected chi connectivity index (χ4v) is 2.52. The van der Waals surface area contributed by atoms with E-state index in [9.17, 15) is 0 Å². The van der Waals surface area contributed by atoms with Crippen LogP contribution >= 0.6 is 10.0 Å². The molecule has 0 aliphatic carbocycles. The summed E-state index contributed by atoms with van der Waals surface area (Å²) >= 11 is 0. The first-order valence-electron chi connectivity index (χ1n) is 5.27. The molecule has 0 saturated carbocycles. The average Bonchev–Trinajstić information content (AvgIpc) is 2.29. The van der Waals surface area contributed by atoms with Gasteiger partial charge >= 0.3 is 0 Å². The van der Waals surface area contributed by atoms with Gasteiger partial charge in [0, 0.05) is 11.8 Å². The van der Waals surface area contributed by atoms with Crippen LogP contribution in [0.5, 0.6) is 0 Å². The Kier molecular flexibility index (Phi) is 3.01. The number of hydrogen-bond acceptors (Lipinski definition) is 1. The van der Waals surface area contributed by atoms with Crippen molar-refractivity contribution in [1.82, 2.24) is 4.98 Å². The maximum atomic E-state index is 4.35. The first-order valence-corrected chi connectivity index (χ1v) is 8.13. The molecule has 0 N–H and O–H groups in total. The van der Waals surface area contributed by atoms with Gasteiger partial charge in [0.15, 0.2) is 0 Å². The zero-order valence-electron chi connectivity index (χ0n) is 9.97. The highest BCUT2D eigenvalue weighted by molar-refractivity contribution is 8.32. The van der Waals surface area contributed by atoms with Gasteiger partial charge in [-0.1, -0.05) is 18.2 Å². The van der Waals surface area contributed by atoms with E-state index < -0.39 is 10.0 Å². The molecule has 0 bridgehead atoms. The van der Waals surface area contributed by atoms with E-state index in [0.717, 1.165) is 5.69 Å². The summed E-state index contributed by atoms with van der Waals surface area (Å²) in [6.07, 6.45) is 8.76. The topological polar surface area (TPSA) is 12.9 Å². The van der Waals surface area contributed by atoms with Crippen molar-refractivity contribution in [2.45, 2.75) is 4.90 Å². The van der Waals surface area contributed by atoms with Crippen LogP contribution in [-0.4, -0.2) is 23.8 Å². The first kappa shape index (κ1) is 11.2. The number of nitrogens with zero attached hydrogens (tertiary/aromatic N) is 1. The Labute approximate surface area is 98.9 Å². The second-order valence-corrected chi connectivity index (χ2v) is 8.72. The molecule has 84 valence electrons. The predicted octanol–water partition coefficient (Wildman–Crippen LogP) is 3.80. The number of pyridine rings is 1. The van der Waals surface area contributed by atoms with Gasteiger partial charge in [0.25, 0.3) is 0 Å². The van der Waals surface area contributed by atoms with Gasteiger partial charge in [-0.25, -0.2) is 10.0 Å². The van der Waals surface area contributed by atoms with Crippen LogP contribution in [0.25, 0.3) is 11.3 Å². The van der Waals surface area contributed by atoms with E-state index in [0.29, 0.717) is 0 Å². The SMILES string of the molecule is CS(C)(C)c1ccc(-c2ccccn2)cc1. The maximum Gasteiger partial charge on any atom is 0.0701 e. The Balaban J connectivity index is 2.34. The zero-order valence-corrected chi connectivity index (χ0v) is 10.8. The summed E-state index contributed by atoms with van der Waals surface area (Å²) in [5, 5.41) is 0. The number of aromatic nitrogens is 1. The average molecular weight is 231 g/mol. The fraction of sp³-hybridized carbons (Fsp3) is 0.214. The lowest BCUT2D eigenvalue weighted by Crippen LogP contribution is -1.92. The molecular weight excluding hydrogens is 214 g/mol. The molecule has 0 spiro atoms. The van der Waals surface area contributed by atoms with Crippen molar-refractivity contribution in [2.75, 3.05) is 18.8 Å². The van der Waals surface area contributed by atoms with Crippen molar-refractivity contribution >= 4 is 10.0 Å². The monoisotopic (exact) mass is 231 g/mol. The molecule has 0 fully saturated rings. The van der Waals surface area contributed by atoms with Crippen LogP contribution in [0.2, 0.25) is 0 Å². The lowest BCUT2D eigenvalue weighted by Gasteiger charge is -2.25. The molecule has 0 atom stereocenters. The van der Waals surface area contributed by atoms with Crippen molar-refractivity contribution in [3.63, 3.8) is 0 Å². The summed E-state index contributed by atoms with van der Waals surface area (Å²) in [6, 6.07) is 14.8. The normalized spacial score (nSPS) is 12.4. The third-order valence-electron chi connectivity index (χ3n) is 2.52. The fourth-order valence-electron chi connectivity index (χ4n) is 1.57. The van der Waals surface area contributed by atoms with Gasteiger partial charge in [0.2, 0.25) is 0 Å². The van der Waals surface area contributed by atoms with E-state index in [1.807, 2.05) is 24.4 Å². The largest absolute Gasteiger partial charge is 0.256 e. The molecule has 0 aliphatic heterocycles. The Morgan fingerprint density at radius 2 is 1.56 bits per heavy atom. The van der Waals surface area contributed by atoms with Crippen LogP contribution in [0.4, 0.5) is 0 Å². The summed E-state index contributed by atoms with van der Waals surface area (Å²) < 4.78 is 0. The Morgan fingerprint density at radius 1 is 0.875 bits per heavy atom. The highest BCUT2D eigenvalue weighted by atomic mass is 32.3. The molecule has 0 saturated heterocycles. The zero-order chi connectivity index (χ0) is 11.6. The highest BCUT2D eigenvalue weighted by Gasteiger charge is 2.07. The number of benzene rings is 1. The van der Waals surface area contributed by atoms with Crippen LogP contribution in [0.3, 0.4) is 0 Å². The highest BCUT2D eigenvalue weighted by Crippen LogP contribution is 2.45. The van der Waals surface area contributed by atoms with Crippen molar-refractivity contribution in [3.8, 4) is 11.3 Å².